The molecule has 2 atom stereocenters. The lowest BCUT2D eigenvalue weighted by atomic mass is 9.91. The van der Waals surface area contributed by atoms with Crippen LogP contribution in [0.15, 0.2) is 28.9 Å². The average molecular weight is 332 g/mol. The SMILES string of the molecule is CCN(CCN1C(=O)C(C)(CC(C)C)N=C1N)C1=CC(C)CC=C1. The standard InChI is InChI=1S/C19H32N4O/c1-6-22(16-9-7-8-15(4)12-16)10-11-23-17(24)19(5,13-14(2)3)21-18(23)20/h7,9,12,14-15H,6,8,10-11,13H2,1-5H3,(H2,20,21). The summed E-state index contributed by atoms with van der Waals surface area (Å²) in [6, 6.07) is 0. The van der Waals surface area contributed by atoms with Gasteiger partial charge in [0.2, 0.25) is 0 Å². The fourth-order valence-corrected chi connectivity index (χ4v) is 3.62. The largest absolute Gasteiger partial charge is 0.370 e. The molecule has 2 unspecified atom stereocenters. The van der Waals surface area contributed by atoms with E-state index >= 15 is 0 Å². The molecule has 0 saturated heterocycles. The molecule has 0 saturated carbocycles. The number of rotatable bonds is 7. The predicted octanol–water partition coefficient (Wildman–Crippen LogP) is 2.75. The van der Waals surface area contributed by atoms with Crippen LogP contribution in [0.1, 0.15) is 47.5 Å². The number of hydrogen-bond donors (Lipinski definition) is 1. The highest BCUT2D eigenvalue weighted by Gasteiger charge is 2.43. The number of aliphatic imine (C=N–C) groups is 1. The monoisotopic (exact) mass is 332 g/mol. The van der Waals surface area contributed by atoms with Crippen molar-refractivity contribution in [2.45, 2.75) is 53.0 Å². The Morgan fingerprint density at radius 2 is 2.21 bits per heavy atom. The summed E-state index contributed by atoms with van der Waals surface area (Å²) < 4.78 is 0. The topological polar surface area (TPSA) is 61.9 Å². The maximum absolute atomic E-state index is 12.8. The van der Waals surface area contributed by atoms with Crippen LogP contribution in [0, 0.1) is 11.8 Å². The lowest BCUT2D eigenvalue weighted by Gasteiger charge is -2.30. The Kier molecular flexibility index (Phi) is 5.73. The Labute approximate surface area is 146 Å². The molecule has 2 rings (SSSR count). The Balaban J connectivity index is 2.02. The molecule has 5 heteroatoms. The van der Waals surface area contributed by atoms with Crippen molar-refractivity contribution in [3.63, 3.8) is 0 Å². The molecule has 24 heavy (non-hydrogen) atoms. The van der Waals surface area contributed by atoms with Gasteiger partial charge in [0.1, 0.15) is 5.54 Å². The second-order valence-electron chi connectivity index (χ2n) is 7.59. The van der Waals surface area contributed by atoms with E-state index in [-0.39, 0.29) is 5.91 Å². The lowest BCUT2D eigenvalue weighted by molar-refractivity contribution is -0.131. The van der Waals surface area contributed by atoms with E-state index in [1.165, 1.54) is 5.70 Å². The van der Waals surface area contributed by atoms with Crippen molar-refractivity contribution in [2.24, 2.45) is 22.6 Å². The van der Waals surface area contributed by atoms with Gasteiger partial charge in [-0.05, 0) is 44.6 Å². The smallest absolute Gasteiger partial charge is 0.257 e. The molecular weight excluding hydrogens is 300 g/mol. The first kappa shape index (κ1) is 18.6. The van der Waals surface area contributed by atoms with Crippen LogP contribution >= 0.6 is 0 Å². The fourth-order valence-electron chi connectivity index (χ4n) is 3.62. The van der Waals surface area contributed by atoms with Gasteiger partial charge in [-0.1, -0.05) is 32.9 Å². The molecule has 2 N–H and O–H groups in total. The maximum atomic E-state index is 12.8. The van der Waals surface area contributed by atoms with E-state index < -0.39 is 5.54 Å². The van der Waals surface area contributed by atoms with Crippen molar-refractivity contribution in [3.8, 4) is 0 Å². The summed E-state index contributed by atoms with van der Waals surface area (Å²) in [7, 11) is 0. The van der Waals surface area contributed by atoms with Crippen LogP contribution in [-0.4, -0.2) is 46.8 Å². The first-order valence-corrected chi connectivity index (χ1v) is 9.07. The molecule has 0 radical (unpaired) electrons. The van der Waals surface area contributed by atoms with E-state index in [9.17, 15) is 4.79 Å². The van der Waals surface area contributed by atoms with Gasteiger partial charge in [0, 0.05) is 25.3 Å². The molecule has 0 bridgehead atoms. The molecule has 1 heterocycles. The van der Waals surface area contributed by atoms with Crippen LogP contribution in [0.3, 0.4) is 0 Å². The van der Waals surface area contributed by atoms with Gasteiger partial charge in [0.05, 0.1) is 0 Å². The molecule has 1 aliphatic heterocycles. The molecule has 0 aromatic rings. The van der Waals surface area contributed by atoms with Crippen molar-refractivity contribution in [1.82, 2.24) is 9.80 Å². The highest BCUT2D eigenvalue weighted by atomic mass is 16.2. The minimum absolute atomic E-state index is 0.0336. The molecule has 1 aliphatic carbocycles. The Bertz CT molecular complexity index is 564. The maximum Gasteiger partial charge on any atom is 0.257 e. The highest BCUT2D eigenvalue weighted by molar-refractivity contribution is 6.06. The predicted molar refractivity (Wildman–Crippen MR) is 99.4 cm³/mol. The minimum Gasteiger partial charge on any atom is -0.370 e. The third-order valence-corrected chi connectivity index (χ3v) is 4.74. The number of likely N-dealkylation sites (N-methyl/N-ethyl adjacent to an activating group) is 1. The van der Waals surface area contributed by atoms with Crippen LogP contribution < -0.4 is 5.73 Å². The number of allylic oxidation sites excluding steroid dienone is 3. The molecule has 0 aromatic carbocycles. The van der Waals surface area contributed by atoms with Gasteiger partial charge in [0.15, 0.2) is 5.96 Å². The lowest BCUT2D eigenvalue weighted by Crippen LogP contribution is -2.46. The number of nitrogens with two attached hydrogens (primary N) is 1. The summed E-state index contributed by atoms with van der Waals surface area (Å²) in [6.45, 7) is 12.7. The van der Waals surface area contributed by atoms with Gasteiger partial charge < -0.3 is 10.6 Å². The number of amides is 1. The van der Waals surface area contributed by atoms with E-state index in [2.05, 4.69) is 55.8 Å². The van der Waals surface area contributed by atoms with E-state index in [4.69, 9.17) is 5.73 Å². The van der Waals surface area contributed by atoms with E-state index in [1.807, 2.05) is 6.92 Å². The number of guanidine groups is 1. The molecule has 134 valence electrons. The summed E-state index contributed by atoms with van der Waals surface area (Å²) >= 11 is 0. The molecule has 0 fully saturated rings. The quantitative estimate of drug-likeness (QED) is 0.780. The molecule has 1 amide bonds. The molecular formula is C19H32N4O. The minimum atomic E-state index is -0.701. The normalized spacial score (nSPS) is 26.8. The van der Waals surface area contributed by atoms with Crippen LogP contribution in [0.5, 0.6) is 0 Å². The number of carbonyl (C=O) groups is 1. The average Bonchev–Trinajstić information content (AvgIpc) is 2.69. The molecule has 5 nitrogen and oxygen atoms in total. The van der Waals surface area contributed by atoms with Crippen molar-refractivity contribution >= 4 is 11.9 Å². The van der Waals surface area contributed by atoms with E-state index in [1.54, 1.807) is 4.90 Å². The first-order valence-electron chi connectivity index (χ1n) is 9.07. The Hall–Kier alpha value is -1.78. The van der Waals surface area contributed by atoms with Crippen molar-refractivity contribution < 1.29 is 4.79 Å². The zero-order valence-electron chi connectivity index (χ0n) is 15.7. The van der Waals surface area contributed by atoms with Gasteiger partial charge in [-0.15, -0.1) is 0 Å². The van der Waals surface area contributed by atoms with Crippen LogP contribution in [0.25, 0.3) is 0 Å². The summed E-state index contributed by atoms with van der Waals surface area (Å²) in [5, 5.41) is 0. The number of hydrogen-bond acceptors (Lipinski definition) is 4. The molecule has 2 aliphatic rings. The van der Waals surface area contributed by atoms with E-state index in [0.29, 0.717) is 24.3 Å². The van der Waals surface area contributed by atoms with Gasteiger partial charge in [0.25, 0.3) is 5.91 Å². The zero-order valence-corrected chi connectivity index (χ0v) is 15.7. The van der Waals surface area contributed by atoms with Crippen molar-refractivity contribution in [3.05, 3.63) is 23.9 Å². The summed E-state index contributed by atoms with van der Waals surface area (Å²) in [5.74, 6) is 1.36. The zero-order chi connectivity index (χ0) is 17.9. The van der Waals surface area contributed by atoms with Gasteiger partial charge >= 0.3 is 0 Å². The summed E-state index contributed by atoms with van der Waals surface area (Å²) in [5.41, 5.74) is 6.60. The first-order chi connectivity index (χ1) is 11.3. The fraction of sp³-hybridized carbons (Fsp3) is 0.684. The number of nitrogens with zero attached hydrogens (tertiary/aromatic N) is 3. The van der Waals surface area contributed by atoms with Crippen LogP contribution in [-0.2, 0) is 4.79 Å². The molecule has 0 spiro atoms. The second-order valence-corrected chi connectivity index (χ2v) is 7.59. The van der Waals surface area contributed by atoms with Gasteiger partial charge in [-0.2, -0.15) is 0 Å². The second kappa shape index (κ2) is 7.41. The van der Waals surface area contributed by atoms with Crippen molar-refractivity contribution in [2.75, 3.05) is 19.6 Å². The summed E-state index contributed by atoms with van der Waals surface area (Å²) in [4.78, 5) is 21.2. The Morgan fingerprint density at radius 3 is 2.79 bits per heavy atom. The highest BCUT2D eigenvalue weighted by Crippen LogP contribution is 2.28. The third-order valence-electron chi connectivity index (χ3n) is 4.74. The summed E-state index contributed by atoms with van der Waals surface area (Å²) in [6.07, 6.45) is 8.52. The van der Waals surface area contributed by atoms with E-state index in [0.717, 1.165) is 25.9 Å². The third kappa shape index (κ3) is 4.00. The van der Waals surface area contributed by atoms with Crippen LogP contribution in [0.4, 0.5) is 0 Å². The van der Waals surface area contributed by atoms with Gasteiger partial charge in [-0.25, -0.2) is 4.99 Å². The van der Waals surface area contributed by atoms with Gasteiger partial charge in [-0.3, -0.25) is 9.69 Å². The number of carbonyl (C=O) groups excluding carboxylic acids is 1. The Morgan fingerprint density at radius 1 is 1.50 bits per heavy atom. The molecule has 0 aromatic heterocycles. The van der Waals surface area contributed by atoms with Crippen LogP contribution in [0.2, 0.25) is 0 Å². The van der Waals surface area contributed by atoms with Crippen molar-refractivity contribution in [1.29, 1.82) is 0 Å².